The molecule has 0 rings (SSSR count). The molecular formula is C8H15N2O2S. The molecule has 0 fully saturated rings. The molecule has 0 amide bonds. The van der Waals surface area contributed by atoms with Gasteiger partial charge in [-0.05, 0) is 13.3 Å². The van der Waals surface area contributed by atoms with Gasteiger partial charge in [-0.3, -0.25) is 4.90 Å². The molecule has 1 radical (unpaired) electrons. The van der Waals surface area contributed by atoms with Gasteiger partial charge in [-0.15, -0.1) is 0 Å². The van der Waals surface area contributed by atoms with E-state index in [2.05, 4.69) is 0 Å². The van der Waals surface area contributed by atoms with E-state index in [1.54, 1.807) is 13.5 Å². The van der Waals surface area contributed by atoms with Crippen LogP contribution in [0.2, 0.25) is 0 Å². The first-order valence-corrected chi connectivity index (χ1v) is 6.03. The highest BCUT2D eigenvalue weighted by molar-refractivity contribution is 7.91. The molecule has 1 unspecified atom stereocenters. The third-order valence-electron chi connectivity index (χ3n) is 1.76. The number of hydrogen-bond acceptors (Lipinski definition) is 4. The van der Waals surface area contributed by atoms with E-state index in [9.17, 15) is 8.42 Å². The summed E-state index contributed by atoms with van der Waals surface area (Å²) in [5, 5.41) is 7.85. The number of nitriles is 1. The highest BCUT2D eigenvalue weighted by Crippen LogP contribution is 2.08. The molecule has 0 N–H and O–H groups in total. The molecule has 0 spiro atoms. The molecule has 13 heavy (non-hydrogen) atoms. The molecule has 0 aromatic carbocycles. The van der Waals surface area contributed by atoms with E-state index in [1.165, 1.54) is 11.2 Å². The minimum Gasteiger partial charge on any atom is -0.270 e. The zero-order chi connectivity index (χ0) is 10.5. The van der Waals surface area contributed by atoms with Crippen LogP contribution in [-0.4, -0.2) is 31.5 Å². The second-order valence-corrected chi connectivity index (χ2v) is 5.19. The summed E-state index contributed by atoms with van der Waals surface area (Å²) in [5.41, 5.74) is 0. The second-order valence-electron chi connectivity index (χ2n) is 2.85. The van der Waals surface area contributed by atoms with Crippen LogP contribution < -0.4 is 0 Å². The maximum Gasteiger partial charge on any atom is 0.163 e. The van der Waals surface area contributed by atoms with Gasteiger partial charge in [0, 0.05) is 12.8 Å². The van der Waals surface area contributed by atoms with Gasteiger partial charge in [-0.2, -0.15) is 5.26 Å². The fourth-order valence-corrected chi connectivity index (χ4v) is 1.56. The maximum absolute atomic E-state index is 11.2. The molecule has 4 nitrogen and oxygen atoms in total. The summed E-state index contributed by atoms with van der Waals surface area (Å²) in [6.07, 6.45) is 1.90. The Labute approximate surface area is 80.1 Å². The van der Waals surface area contributed by atoms with Crippen LogP contribution in [0.1, 0.15) is 20.3 Å². The zero-order valence-corrected chi connectivity index (χ0v) is 9.00. The van der Waals surface area contributed by atoms with E-state index >= 15 is 0 Å². The smallest absolute Gasteiger partial charge is 0.163 e. The van der Waals surface area contributed by atoms with Crippen molar-refractivity contribution in [2.45, 2.75) is 25.6 Å². The van der Waals surface area contributed by atoms with Gasteiger partial charge in [-0.1, -0.05) is 6.92 Å². The lowest BCUT2D eigenvalue weighted by molar-refractivity contribution is 0.343. The van der Waals surface area contributed by atoms with Gasteiger partial charge in [-0.25, -0.2) is 8.42 Å². The van der Waals surface area contributed by atoms with Gasteiger partial charge in [0.25, 0.3) is 0 Å². The Hall–Kier alpha value is -0.600. The third-order valence-corrected chi connectivity index (χ3v) is 3.27. The van der Waals surface area contributed by atoms with Crippen molar-refractivity contribution in [1.82, 2.24) is 4.90 Å². The lowest BCUT2D eigenvalue weighted by Crippen LogP contribution is -2.36. The number of rotatable bonds is 5. The van der Waals surface area contributed by atoms with Crippen LogP contribution in [-0.2, 0) is 9.84 Å². The van der Waals surface area contributed by atoms with Crippen LogP contribution >= 0.6 is 0 Å². The fraction of sp³-hybridized carbons (Fsp3) is 0.750. The first-order valence-electron chi connectivity index (χ1n) is 4.08. The topological polar surface area (TPSA) is 61.2 Å². The molecule has 0 saturated heterocycles. The Morgan fingerprint density at radius 2 is 2.15 bits per heavy atom. The molecule has 75 valence electrons. The molecule has 0 saturated carbocycles. The van der Waals surface area contributed by atoms with Crippen molar-refractivity contribution in [3.8, 4) is 6.07 Å². The molecule has 0 aliphatic heterocycles. The number of sulfone groups is 1. The molecule has 0 aliphatic rings. The summed E-state index contributed by atoms with van der Waals surface area (Å²) in [6, 6.07) is 1.94. The van der Waals surface area contributed by atoms with Crippen LogP contribution in [0.3, 0.4) is 0 Å². The van der Waals surface area contributed by atoms with Gasteiger partial charge in [0.2, 0.25) is 0 Å². The van der Waals surface area contributed by atoms with Crippen LogP contribution in [0.5, 0.6) is 0 Å². The Balaban J connectivity index is 4.47. The highest BCUT2D eigenvalue weighted by atomic mass is 32.2. The summed E-state index contributed by atoms with van der Waals surface area (Å²) in [6.45, 7) is 5.33. The van der Waals surface area contributed by atoms with E-state index in [0.717, 1.165) is 6.42 Å². The van der Waals surface area contributed by atoms with Crippen LogP contribution in [0.15, 0.2) is 0 Å². The molecule has 0 aromatic rings. The Kier molecular flexibility index (Phi) is 4.96. The van der Waals surface area contributed by atoms with Crippen LogP contribution in [0.25, 0.3) is 0 Å². The average molecular weight is 203 g/mol. The van der Waals surface area contributed by atoms with Gasteiger partial charge >= 0.3 is 0 Å². The molecule has 0 aliphatic carbocycles. The van der Waals surface area contributed by atoms with Crippen LogP contribution in [0.4, 0.5) is 0 Å². The van der Waals surface area contributed by atoms with E-state index < -0.39 is 15.2 Å². The predicted molar refractivity (Wildman–Crippen MR) is 51.2 cm³/mol. The molecule has 5 heteroatoms. The van der Waals surface area contributed by atoms with Crippen molar-refractivity contribution in [3.05, 3.63) is 6.54 Å². The second kappa shape index (κ2) is 5.20. The van der Waals surface area contributed by atoms with Crippen molar-refractivity contribution >= 4 is 9.84 Å². The lowest BCUT2D eigenvalue weighted by Gasteiger charge is -2.23. The normalized spacial score (nSPS) is 14.1. The Morgan fingerprint density at radius 1 is 1.62 bits per heavy atom. The molecular weight excluding hydrogens is 188 g/mol. The van der Waals surface area contributed by atoms with Crippen molar-refractivity contribution in [2.75, 3.05) is 12.8 Å². The molecule has 0 bridgehead atoms. The fourth-order valence-electron chi connectivity index (χ4n) is 0.904. The van der Waals surface area contributed by atoms with E-state index in [1.807, 2.05) is 13.0 Å². The summed E-state index contributed by atoms with van der Waals surface area (Å²) in [5.74, 6) is 0. The third kappa shape index (κ3) is 4.25. The maximum atomic E-state index is 11.2. The summed E-state index contributed by atoms with van der Waals surface area (Å²) < 4.78 is 22.3. The van der Waals surface area contributed by atoms with Gasteiger partial charge < -0.3 is 0 Å². The summed E-state index contributed by atoms with van der Waals surface area (Å²) >= 11 is 0. The first-order chi connectivity index (χ1) is 5.93. The average Bonchev–Trinajstić information content (AvgIpc) is 2.01. The van der Waals surface area contributed by atoms with Crippen molar-refractivity contribution in [1.29, 1.82) is 5.26 Å². The summed E-state index contributed by atoms with van der Waals surface area (Å²) in [4.78, 5) is 1.54. The number of hydrogen-bond donors (Lipinski definition) is 0. The lowest BCUT2D eigenvalue weighted by atomic mass is 10.4. The van der Waals surface area contributed by atoms with Gasteiger partial charge in [0.05, 0.1) is 12.6 Å². The highest BCUT2D eigenvalue weighted by Gasteiger charge is 2.22. The standard InChI is InChI=1S/C8H15N2O2S/c1-4-6-10(7-5-9)8(2)13(3,11)12/h6,8H,4,7H2,1-3H3. The van der Waals surface area contributed by atoms with Crippen molar-refractivity contribution in [3.63, 3.8) is 0 Å². The predicted octanol–water partition coefficient (Wildman–Crippen LogP) is 0.774. The minimum atomic E-state index is -3.10. The SMILES string of the molecule is CC[CH]N(CC#N)C(C)S(C)(=O)=O. The van der Waals surface area contributed by atoms with Gasteiger partial charge in [0.1, 0.15) is 5.37 Å². The minimum absolute atomic E-state index is 0.113. The molecule has 0 aromatic heterocycles. The van der Waals surface area contributed by atoms with Gasteiger partial charge in [0.15, 0.2) is 9.84 Å². The van der Waals surface area contributed by atoms with E-state index in [4.69, 9.17) is 5.26 Å². The summed E-state index contributed by atoms with van der Waals surface area (Å²) in [7, 11) is -3.10. The number of nitrogens with zero attached hydrogens (tertiary/aromatic N) is 2. The quantitative estimate of drug-likeness (QED) is 0.619. The Bertz CT molecular complexity index is 279. The molecule has 0 heterocycles. The van der Waals surface area contributed by atoms with E-state index in [-0.39, 0.29) is 6.54 Å². The Morgan fingerprint density at radius 3 is 2.46 bits per heavy atom. The monoisotopic (exact) mass is 203 g/mol. The van der Waals surface area contributed by atoms with Crippen LogP contribution in [0, 0.1) is 17.9 Å². The van der Waals surface area contributed by atoms with Crippen molar-refractivity contribution < 1.29 is 8.42 Å². The zero-order valence-electron chi connectivity index (χ0n) is 8.19. The molecule has 1 atom stereocenters. The largest absolute Gasteiger partial charge is 0.270 e. The first kappa shape index (κ1) is 12.4. The van der Waals surface area contributed by atoms with Crippen molar-refractivity contribution in [2.24, 2.45) is 0 Å². The van der Waals surface area contributed by atoms with E-state index in [0.29, 0.717) is 0 Å².